The Bertz CT molecular complexity index is 461. The molecule has 5 aliphatic rings. The fourth-order valence-electron chi connectivity index (χ4n) is 5.67. The first-order valence-electron chi connectivity index (χ1n) is 7.45. The zero-order chi connectivity index (χ0) is 13.6. The van der Waals surface area contributed by atoms with Crippen LogP contribution in [0.15, 0.2) is 0 Å². The minimum Gasteiger partial charge on any atom is -0.458 e. The lowest BCUT2D eigenvalue weighted by atomic mass is 9.35. The summed E-state index contributed by atoms with van der Waals surface area (Å²) in [6.07, 6.45) is 3.18. The second-order valence-electron chi connectivity index (χ2n) is 7.71. The molecule has 0 heterocycles. The summed E-state index contributed by atoms with van der Waals surface area (Å²) < 4.78 is 5.87. The number of carbonyl (C=O) groups excluding carboxylic acids is 1. The Morgan fingerprint density at radius 2 is 2.00 bits per heavy atom. The van der Waals surface area contributed by atoms with Crippen molar-refractivity contribution >= 4 is 5.97 Å². The average Bonchev–Trinajstić information content (AvgIpc) is 2.46. The van der Waals surface area contributed by atoms with Crippen LogP contribution in [0, 0.1) is 23.2 Å². The Morgan fingerprint density at radius 3 is 2.68 bits per heavy atom. The molecule has 0 radical (unpaired) electrons. The van der Waals surface area contributed by atoms with Gasteiger partial charge in [0.2, 0.25) is 0 Å². The lowest BCUT2D eigenvalue weighted by Crippen LogP contribution is -2.77. The van der Waals surface area contributed by atoms with E-state index in [1.165, 1.54) is 0 Å². The molecule has 5 fully saturated rings. The smallest absolute Gasteiger partial charge is 0.308 e. The third kappa shape index (κ3) is 1.17. The van der Waals surface area contributed by atoms with Crippen LogP contribution in [-0.4, -0.2) is 33.5 Å². The Kier molecular flexibility index (Phi) is 2.03. The van der Waals surface area contributed by atoms with Gasteiger partial charge in [-0.05, 0) is 31.6 Å². The maximum Gasteiger partial charge on any atom is 0.308 e. The monoisotopic (exact) mass is 266 g/mol. The molecule has 1 spiro atoms. The van der Waals surface area contributed by atoms with Crippen LogP contribution in [0.5, 0.6) is 0 Å². The van der Waals surface area contributed by atoms with Crippen LogP contribution < -0.4 is 0 Å². The fourth-order valence-corrected chi connectivity index (χ4v) is 5.67. The molecule has 0 aromatic carbocycles. The highest BCUT2D eigenvalue weighted by Crippen LogP contribution is 2.81. The molecule has 4 nitrogen and oxygen atoms in total. The summed E-state index contributed by atoms with van der Waals surface area (Å²) >= 11 is 0. The highest BCUT2D eigenvalue weighted by Gasteiger charge is 2.85. The van der Waals surface area contributed by atoms with Crippen LogP contribution in [0.25, 0.3) is 0 Å². The minimum atomic E-state index is -0.721. The molecule has 5 rings (SSSR count). The van der Waals surface area contributed by atoms with Crippen molar-refractivity contribution in [2.24, 2.45) is 23.2 Å². The van der Waals surface area contributed by atoms with Crippen molar-refractivity contribution in [1.82, 2.24) is 0 Å². The van der Waals surface area contributed by atoms with Gasteiger partial charge in [0.15, 0.2) is 0 Å². The second kappa shape index (κ2) is 3.17. The van der Waals surface area contributed by atoms with E-state index < -0.39 is 17.3 Å². The normalized spacial score (nSPS) is 57.2. The highest BCUT2D eigenvalue weighted by molar-refractivity contribution is 5.72. The van der Waals surface area contributed by atoms with Crippen molar-refractivity contribution in [2.75, 3.05) is 0 Å². The SMILES string of the molecule is CC(C)C(=O)OC12CC3CC4(O)CC(O)C1CC32C4. The Hall–Kier alpha value is -0.610. The number of carbonyl (C=O) groups is 1. The first kappa shape index (κ1) is 12.2. The number of esters is 1. The molecule has 2 N–H and O–H groups in total. The topological polar surface area (TPSA) is 66.8 Å². The van der Waals surface area contributed by atoms with Crippen LogP contribution in [-0.2, 0) is 9.53 Å². The van der Waals surface area contributed by atoms with Crippen molar-refractivity contribution in [3.63, 3.8) is 0 Å². The third-order valence-corrected chi connectivity index (χ3v) is 6.44. The third-order valence-electron chi connectivity index (χ3n) is 6.44. The second-order valence-corrected chi connectivity index (χ2v) is 7.71. The van der Waals surface area contributed by atoms with Crippen molar-refractivity contribution in [3.8, 4) is 0 Å². The number of ether oxygens (including phenoxy) is 1. The Labute approximate surface area is 113 Å². The quantitative estimate of drug-likeness (QED) is 0.738. The van der Waals surface area contributed by atoms with E-state index in [1.807, 2.05) is 13.8 Å². The summed E-state index contributed by atoms with van der Waals surface area (Å²) in [5.41, 5.74) is -1.20. The van der Waals surface area contributed by atoms with Gasteiger partial charge < -0.3 is 14.9 Å². The van der Waals surface area contributed by atoms with Gasteiger partial charge >= 0.3 is 5.97 Å². The van der Waals surface area contributed by atoms with E-state index in [0.29, 0.717) is 18.8 Å². The lowest BCUT2D eigenvalue weighted by molar-refractivity contribution is -0.332. The molecule has 3 bridgehead atoms. The van der Waals surface area contributed by atoms with Gasteiger partial charge in [-0.2, -0.15) is 0 Å². The highest BCUT2D eigenvalue weighted by atomic mass is 16.6. The molecule has 19 heavy (non-hydrogen) atoms. The van der Waals surface area contributed by atoms with E-state index in [4.69, 9.17) is 4.74 Å². The number of hydrogen-bond donors (Lipinski definition) is 2. The van der Waals surface area contributed by atoms with Gasteiger partial charge in [-0.1, -0.05) is 13.8 Å². The number of aliphatic hydroxyl groups excluding tert-OH is 1. The lowest BCUT2D eigenvalue weighted by Gasteiger charge is -2.73. The standard InChI is InChI=1S/C15H22O4/c1-8(2)12(17)19-15-4-9-3-13(18)6-11(16)10(15)5-14(9,15)7-13/h8-11,16,18H,3-7H2,1-2H3. The van der Waals surface area contributed by atoms with Gasteiger partial charge in [0, 0.05) is 17.8 Å². The number of aliphatic hydroxyl groups is 2. The first-order valence-corrected chi connectivity index (χ1v) is 7.45. The molecule has 5 saturated carbocycles. The Morgan fingerprint density at radius 1 is 1.26 bits per heavy atom. The molecule has 0 aromatic rings. The molecular formula is C15H22O4. The summed E-state index contributed by atoms with van der Waals surface area (Å²) in [7, 11) is 0. The minimum absolute atomic E-state index is 0.0194. The van der Waals surface area contributed by atoms with E-state index in [0.717, 1.165) is 19.3 Å². The molecule has 4 heteroatoms. The summed E-state index contributed by atoms with van der Waals surface area (Å²) in [4.78, 5) is 12.0. The van der Waals surface area contributed by atoms with Crippen LogP contribution in [0.4, 0.5) is 0 Å². The summed E-state index contributed by atoms with van der Waals surface area (Å²) in [5, 5.41) is 21.0. The van der Waals surface area contributed by atoms with Gasteiger partial charge in [0.05, 0.1) is 17.6 Å². The van der Waals surface area contributed by atoms with Crippen LogP contribution in [0.3, 0.4) is 0 Å². The molecule has 0 saturated heterocycles. The van der Waals surface area contributed by atoms with Crippen molar-refractivity contribution in [1.29, 1.82) is 0 Å². The molecule has 106 valence electrons. The molecule has 6 atom stereocenters. The molecule has 6 unspecified atom stereocenters. The summed E-state index contributed by atoms with van der Waals surface area (Å²) in [5.74, 6) is 0.235. The number of hydrogen-bond acceptors (Lipinski definition) is 4. The maximum atomic E-state index is 12.0. The zero-order valence-electron chi connectivity index (χ0n) is 11.6. The molecule has 0 amide bonds. The average molecular weight is 266 g/mol. The van der Waals surface area contributed by atoms with E-state index in [1.54, 1.807) is 0 Å². The van der Waals surface area contributed by atoms with E-state index in [-0.39, 0.29) is 23.2 Å². The van der Waals surface area contributed by atoms with Crippen molar-refractivity contribution in [2.45, 2.75) is 63.3 Å². The largest absolute Gasteiger partial charge is 0.458 e. The van der Waals surface area contributed by atoms with Crippen LogP contribution in [0.1, 0.15) is 46.0 Å². The van der Waals surface area contributed by atoms with E-state index in [9.17, 15) is 15.0 Å². The van der Waals surface area contributed by atoms with Gasteiger partial charge in [-0.15, -0.1) is 0 Å². The first-order chi connectivity index (χ1) is 8.82. The predicted molar refractivity (Wildman–Crippen MR) is 67.1 cm³/mol. The maximum absolute atomic E-state index is 12.0. The molecule has 0 aliphatic heterocycles. The van der Waals surface area contributed by atoms with Gasteiger partial charge in [0.1, 0.15) is 5.60 Å². The summed E-state index contributed by atoms with van der Waals surface area (Å²) in [6.45, 7) is 3.69. The van der Waals surface area contributed by atoms with Gasteiger partial charge in [-0.3, -0.25) is 4.79 Å². The van der Waals surface area contributed by atoms with Gasteiger partial charge in [0.25, 0.3) is 0 Å². The van der Waals surface area contributed by atoms with Crippen molar-refractivity contribution < 1.29 is 19.7 Å². The fraction of sp³-hybridized carbons (Fsp3) is 0.933. The zero-order valence-corrected chi connectivity index (χ0v) is 11.6. The van der Waals surface area contributed by atoms with E-state index >= 15 is 0 Å². The van der Waals surface area contributed by atoms with Crippen molar-refractivity contribution in [3.05, 3.63) is 0 Å². The summed E-state index contributed by atoms with van der Waals surface area (Å²) in [6, 6.07) is 0. The molecule has 0 aromatic heterocycles. The molecular weight excluding hydrogens is 244 g/mol. The van der Waals surface area contributed by atoms with E-state index in [2.05, 4.69) is 0 Å². The number of rotatable bonds is 2. The Balaban J connectivity index is 1.70. The number of fused-ring (bicyclic) bond motifs is 1. The van der Waals surface area contributed by atoms with Gasteiger partial charge in [-0.25, -0.2) is 0 Å². The predicted octanol–water partition coefficient (Wildman–Crippen LogP) is 1.24. The van der Waals surface area contributed by atoms with Crippen LogP contribution >= 0.6 is 0 Å². The van der Waals surface area contributed by atoms with Crippen LogP contribution in [0.2, 0.25) is 0 Å². The molecule has 5 aliphatic carbocycles.